The number of benzene rings is 2. The van der Waals surface area contributed by atoms with Crippen molar-refractivity contribution < 1.29 is 14.7 Å². The molecule has 0 aliphatic heterocycles. The van der Waals surface area contributed by atoms with Crippen LogP contribution in [-0.4, -0.2) is 23.3 Å². The summed E-state index contributed by atoms with van der Waals surface area (Å²) < 4.78 is 0. The predicted molar refractivity (Wildman–Crippen MR) is 80.0 cm³/mol. The molecule has 0 bridgehead atoms. The van der Waals surface area contributed by atoms with Gasteiger partial charge in [-0.1, -0.05) is 42.5 Å². The van der Waals surface area contributed by atoms with Gasteiger partial charge in [0.25, 0.3) is 0 Å². The van der Waals surface area contributed by atoms with Crippen molar-refractivity contribution in [2.75, 3.05) is 0 Å². The van der Waals surface area contributed by atoms with Crippen molar-refractivity contribution in [2.45, 2.75) is 18.9 Å². The lowest BCUT2D eigenvalue weighted by atomic mass is 10.1. The Hall–Kier alpha value is -2.62. The second-order valence-corrected chi connectivity index (χ2v) is 4.84. The zero-order valence-corrected chi connectivity index (χ0v) is 11.5. The van der Waals surface area contributed by atoms with Crippen LogP contribution in [0.15, 0.2) is 54.6 Å². The Bertz CT molecular complexity index is 593. The molecule has 0 saturated carbocycles. The van der Waals surface area contributed by atoms with E-state index in [1.807, 2.05) is 30.3 Å². The SMILES string of the molecule is O=C[C@H](Cc1ccccc1)NC(=O)Cc1ccc(O)cc1. The van der Waals surface area contributed by atoms with Gasteiger partial charge in [-0.05, 0) is 29.7 Å². The van der Waals surface area contributed by atoms with Gasteiger partial charge in [-0.3, -0.25) is 4.79 Å². The van der Waals surface area contributed by atoms with Crippen molar-refractivity contribution >= 4 is 12.2 Å². The third kappa shape index (κ3) is 4.76. The van der Waals surface area contributed by atoms with Crippen LogP contribution in [0.3, 0.4) is 0 Å². The molecule has 108 valence electrons. The molecule has 0 heterocycles. The quantitative estimate of drug-likeness (QED) is 0.795. The molecular formula is C17H17NO3. The van der Waals surface area contributed by atoms with Gasteiger partial charge in [0.1, 0.15) is 12.0 Å². The van der Waals surface area contributed by atoms with Gasteiger partial charge in [0.15, 0.2) is 0 Å². The van der Waals surface area contributed by atoms with E-state index in [2.05, 4.69) is 5.32 Å². The Morgan fingerprint density at radius 2 is 1.71 bits per heavy atom. The highest BCUT2D eigenvalue weighted by Crippen LogP contribution is 2.10. The van der Waals surface area contributed by atoms with Crippen LogP contribution in [-0.2, 0) is 22.4 Å². The number of phenolic OH excluding ortho intramolecular Hbond substituents is 1. The largest absolute Gasteiger partial charge is 0.508 e. The van der Waals surface area contributed by atoms with Gasteiger partial charge in [-0.2, -0.15) is 0 Å². The molecule has 2 aromatic rings. The molecule has 0 aliphatic rings. The van der Waals surface area contributed by atoms with Gasteiger partial charge >= 0.3 is 0 Å². The van der Waals surface area contributed by atoms with Crippen LogP contribution in [0.2, 0.25) is 0 Å². The van der Waals surface area contributed by atoms with E-state index in [0.717, 1.165) is 17.4 Å². The van der Waals surface area contributed by atoms with Crippen molar-refractivity contribution in [1.29, 1.82) is 0 Å². The van der Waals surface area contributed by atoms with Gasteiger partial charge in [0.05, 0.1) is 12.5 Å². The van der Waals surface area contributed by atoms with Gasteiger partial charge < -0.3 is 15.2 Å². The molecule has 2 N–H and O–H groups in total. The molecule has 2 rings (SSSR count). The maximum Gasteiger partial charge on any atom is 0.225 e. The molecule has 4 heteroatoms. The average molecular weight is 283 g/mol. The first-order chi connectivity index (χ1) is 10.2. The van der Waals surface area contributed by atoms with E-state index >= 15 is 0 Å². The molecule has 0 aliphatic carbocycles. The monoisotopic (exact) mass is 283 g/mol. The highest BCUT2D eigenvalue weighted by molar-refractivity contribution is 5.81. The lowest BCUT2D eigenvalue weighted by Crippen LogP contribution is -2.38. The van der Waals surface area contributed by atoms with E-state index in [1.165, 1.54) is 12.1 Å². The topological polar surface area (TPSA) is 66.4 Å². The fraction of sp³-hybridized carbons (Fsp3) is 0.176. The smallest absolute Gasteiger partial charge is 0.225 e. The van der Waals surface area contributed by atoms with Gasteiger partial charge in [0.2, 0.25) is 5.91 Å². The Kier molecular flexibility index (Phi) is 5.10. The Morgan fingerprint density at radius 1 is 1.05 bits per heavy atom. The summed E-state index contributed by atoms with van der Waals surface area (Å²) in [7, 11) is 0. The Balaban J connectivity index is 1.90. The summed E-state index contributed by atoms with van der Waals surface area (Å²) in [6, 6.07) is 15.4. The highest BCUT2D eigenvalue weighted by Gasteiger charge is 2.12. The maximum absolute atomic E-state index is 11.9. The van der Waals surface area contributed by atoms with Crippen molar-refractivity contribution in [2.24, 2.45) is 0 Å². The van der Waals surface area contributed by atoms with Crippen molar-refractivity contribution in [3.8, 4) is 5.75 Å². The molecule has 1 amide bonds. The minimum Gasteiger partial charge on any atom is -0.508 e. The summed E-state index contributed by atoms with van der Waals surface area (Å²) in [5.74, 6) is -0.0530. The number of aromatic hydroxyl groups is 1. The summed E-state index contributed by atoms with van der Waals surface area (Å²) >= 11 is 0. The summed E-state index contributed by atoms with van der Waals surface area (Å²) in [5, 5.41) is 11.9. The molecule has 4 nitrogen and oxygen atoms in total. The molecule has 2 aromatic carbocycles. The fourth-order valence-electron chi connectivity index (χ4n) is 2.06. The average Bonchev–Trinajstić information content (AvgIpc) is 2.50. The standard InChI is InChI=1S/C17H17NO3/c19-12-15(10-13-4-2-1-3-5-13)18-17(21)11-14-6-8-16(20)9-7-14/h1-9,12,15,20H,10-11H2,(H,18,21)/t15-/m0/s1. The van der Waals surface area contributed by atoms with Crippen LogP contribution in [0.1, 0.15) is 11.1 Å². The molecular weight excluding hydrogens is 266 g/mol. The summed E-state index contributed by atoms with van der Waals surface area (Å²) in [6.45, 7) is 0. The molecule has 0 fully saturated rings. The van der Waals surface area contributed by atoms with Crippen LogP contribution in [0.5, 0.6) is 5.75 Å². The second kappa shape index (κ2) is 7.24. The number of amides is 1. The summed E-state index contributed by atoms with van der Waals surface area (Å²) in [6.07, 6.45) is 1.41. The minimum atomic E-state index is -0.531. The second-order valence-electron chi connectivity index (χ2n) is 4.84. The number of rotatable bonds is 6. The van der Waals surface area contributed by atoms with E-state index in [9.17, 15) is 14.7 Å². The van der Waals surface area contributed by atoms with Crippen molar-refractivity contribution in [3.05, 3.63) is 65.7 Å². The van der Waals surface area contributed by atoms with Crippen LogP contribution in [0.25, 0.3) is 0 Å². The van der Waals surface area contributed by atoms with Crippen LogP contribution < -0.4 is 5.32 Å². The Morgan fingerprint density at radius 3 is 2.33 bits per heavy atom. The fourth-order valence-corrected chi connectivity index (χ4v) is 2.06. The number of carbonyl (C=O) groups excluding carboxylic acids is 2. The molecule has 21 heavy (non-hydrogen) atoms. The van der Waals surface area contributed by atoms with Crippen LogP contribution in [0, 0.1) is 0 Å². The zero-order valence-electron chi connectivity index (χ0n) is 11.5. The van der Waals surface area contributed by atoms with E-state index < -0.39 is 6.04 Å². The number of phenols is 1. The normalized spacial score (nSPS) is 11.6. The number of nitrogens with one attached hydrogen (secondary N) is 1. The third-order valence-electron chi connectivity index (χ3n) is 3.11. The lowest BCUT2D eigenvalue weighted by molar-refractivity contribution is -0.123. The lowest BCUT2D eigenvalue weighted by Gasteiger charge is -2.13. The van der Waals surface area contributed by atoms with E-state index in [4.69, 9.17) is 0 Å². The predicted octanol–water partition coefficient (Wildman–Crippen LogP) is 1.86. The van der Waals surface area contributed by atoms with Crippen LogP contribution in [0.4, 0.5) is 0 Å². The maximum atomic E-state index is 11.9. The van der Waals surface area contributed by atoms with E-state index in [1.54, 1.807) is 12.1 Å². The van der Waals surface area contributed by atoms with Crippen LogP contribution >= 0.6 is 0 Å². The number of aldehydes is 1. The van der Waals surface area contributed by atoms with Crippen molar-refractivity contribution in [1.82, 2.24) is 5.32 Å². The molecule has 0 spiro atoms. The molecule has 0 saturated heterocycles. The molecule has 0 aromatic heterocycles. The Labute approximate surface area is 123 Å². The van der Waals surface area contributed by atoms with E-state index in [0.29, 0.717) is 6.42 Å². The summed E-state index contributed by atoms with van der Waals surface area (Å²) in [4.78, 5) is 23.0. The van der Waals surface area contributed by atoms with Gasteiger partial charge in [-0.15, -0.1) is 0 Å². The number of hydrogen-bond acceptors (Lipinski definition) is 3. The summed E-state index contributed by atoms with van der Waals surface area (Å²) in [5.41, 5.74) is 1.79. The number of carbonyl (C=O) groups is 2. The highest BCUT2D eigenvalue weighted by atomic mass is 16.3. The minimum absolute atomic E-state index is 0.161. The molecule has 0 radical (unpaired) electrons. The van der Waals surface area contributed by atoms with Crippen molar-refractivity contribution in [3.63, 3.8) is 0 Å². The third-order valence-corrected chi connectivity index (χ3v) is 3.11. The zero-order chi connectivity index (χ0) is 15.1. The number of hydrogen-bond donors (Lipinski definition) is 2. The van der Waals surface area contributed by atoms with E-state index in [-0.39, 0.29) is 18.1 Å². The van der Waals surface area contributed by atoms with Gasteiger partial charge in [-0.25, -0.2) is 0 Å². The first kappa shape index (κ1) is 14.8. The molecule has 0 unspecified atom stereocenters. The molecule has 1 atom stereocenters. The van der Waals surface area contributed by atoms with Gasteiger partial charge in [0, 0.05) is 0 Å². The first-order valence-electron chi connectivity index (χ1n) is 6.74. The first-order valence-corrected chi connectivity index (χ1v) is 6.74.